The Bertz CT molecular complexity index is 1390. The van der Waals surface area contributed by atoms with Gasteiger partial charge in [0.25, 0.3) is 5.91 Å². The Morgan fingerprint density at radius 1 is 1.11 bits per heavy atom. The minimum absolute atomic E-state index is 0.126. The topological polar surface area (TPSA) is 114 Å². The van der Waals surface area contributed by atoms with Gasteiger partial charge in [-0.2, -0.15) is 18.2 Å². The highest BCUT2D eigenvalue weighted by Gasteiger charge is 2.36. The molecule has 13 heteroatoms. The molecule has 0 bridgehead atoms. The third kappa shape index (κ3) is 5.46. The third-order valence-corrected chi connectivity index (χ3v) is 9.57. The maximum absolute atomic E-state index is 13.9. The van der Waals surface area contributed by atoms with E-state index in [4.69, 9.17) is 9.57 Å². The van der Waals surface area contributed by atoms with E-state index in [0.717, 1.165) is 0 Å². The van der Waals surface area contributed by atoms with Crippen LogP contribution in [-0.2, 0) is 22.0 Å². The monoisotopic (exact) mass is 549 g/mol. The number of hydrogen-bond acceptors (Lipinski definition) is 8. The van der Waals surface area contributed by atoms with Crippen LogP contribution >= 0.6 is 7.14 Å². The molecule has 0 fully saturated rings. The molecule has 2 heterocycles. The van der Waals surface area contributed by atoms with Crippen molar-refractivity contribution in [3.63, 3.8) is 0 Å². The van der Waals surface area contributed by atoms with Crippen LogP contribution in [0, 0.1) is 0 Å². The molecule has 1 aliphatic heterocycles. The zero-order chi connectivity index (χ0) is 27.5. The number of halogens is 3. The number of nitrogens with zero attached hydrogens (tertiary/aromatic N) is 2. The molecule has 0 saturated heterocycles. The fourth-order valence-electron chi connectivity index (χ4n) is 4.25. The molecule has 0 unspecified atom stereocenters. The largest absolute Gasteiger partial charge is 0.491 e. The van der Waals surface area contributed by atoms with Gasteiger partial charge in [0.2, 0.25) is 5.95 Å². The average molecular weight is 549 g/mol. The van der Waals surface area contributed by atoms with Crippen molar-refractivity contribution in [2.75, 3.05) is 36.7 Å². The van der Waals surface area contributed by atoms with Gasteiger partial charge >= 0.3 is 6.18 Å². The number of aromatic nitrogens is 2. The van der Waals surface area contributed by atoms with Crippen LogP contribution in [0.25, 0.3) is 0 Å². The van der Waals surface area contributed by atoms with Gasteiger partial charge in [-0.15, -0.1) is 0 Å². The molecule has 3 aromatic rings. The first-order valence-electron chi connectivity index (χ1n) is 11.9. The second-order valence-electron chi connectivity index (χ2n) is 8.44. The first kappa shape index (κ1) is 27.4. The van der Waals surface area contributed by atoms with Crippen LogP contribution in [0.2, 0.25) is 0 Å². The van der Waals surface area contributed by atoms with Gasteiger partial charge in [0.1, 0.15) is 24.3 Å². The summed E-state index contributed by atoms with van der Waals surface area (Å²) in [4.78, 5) is 25.0. The fourth-order valence-corrected chi connectivity index (χ4v) is 6.30. The quantitative estimate of drug-likeness (QED) is 0.245. The smallest absolute Gasteiger partial charge is 0.421 e. The van der Waals surface area contributed by atoms with Crippen molar-refractivity contribution < 1.29 is 32.1 Å². The molecule has 3 N–H and O–H groups in total. The Balaban J connectivity index is 1.73. The Hall–Kier alpha value is -3.63. The lowest BCUT2D eigenvalue weighted by atomic mass is 10.0. The van der Waals surface area contributed by atoms with Gasteiger partial charge in [-0.05, 0) is 24.3 Å². The van der Waals surface area contributed by atoms with Crippen molar-refractivity contribution in [1.82, 2.24) is 15.4 Å². The van der Waals surface area contributed by atoms with Gasteiger partial charge in [-0.25, -0.2) is 10.5 Å². The predicted molar refractivity (Wildman–Crippen MR) is 138 cm³/mol. The van der Waals surface area contributed by atoms with E-state index in [1.165, 1.54) is 7.11 Å². The fraction of sp³-hybridized carbons (Fsp3) is 0.320. The summed E-state index contributed by atoms with van der Waals surface area (Å²) >= 11 is 0. The van der Waals surface area contributed by atoms with Gasteiger partial charge in [0, 0.05) is 41.4 Å². The molecule has 9 nitrogen and oxygen atoms in total. The van der Waals surface area contributed by atoms with E-state index in [1.807, 2.05) is 0 Å². The molecular weight excluding hydrogens is 522 g/mol. The van der Waals surface area contributed by atoms with Crippen LogP contribution in [0.4, 0.5) is 36.3 Å². The van der Waals surface area contributed by atoms with Gasteiger partial charge < -0.3 is 19.9 Å². The van der Waals surface area contributed by atoms with E-state index in [0.29, 0.717) is 59.4 Å². The molecule has 0 atom stereocenters. The molecule has 0 spiro atoms. The van der Waals surface area contributed by atoms with E-state index in [9.17, 15) is 22.5 Å². The van der Waals surface area contributed by atoms with Crippen molar-refractivity contribution in [1.29, 1.82) is 0 Å². The van der Waals surface area contributed by atoms with Crippen molar-refractivity contribution >= 4 is 41.5 Å². The Labute approximate surface area is 217 Å². The molecule has 0 saturated carbocycles. The minimum atomic E-state index is -4.74. The number of rotatable bonds is 9. The first-order chi connectivity index (χ1) is 18.1. The number of carbonyl (C=O) groups is 1. The molecule has 1 aliphatic rings. The molecule has 4 rings (SSSR count). The third-order valence-electron chi connectivity index (χ3n) is 6.26. The van der Waals surface area contributed by atoms with Crippen LogP contribution < -0.4 is 26.2 Å². The Morgan fingerprint density at radius 3 is 2.53 bits per heavy atom. The van der Waals surface area contributed by atoms with Crippen LogP contribution in [0.5, 0.6) is 5.75 Å². The summed E-state index contributed by atoms with van der Waals surface area (Å²) in [6.45, 7) is 3.91. The molecule has 1 aromatic heterocycles. The maximum atomic E-state index is 13.9. The Kier molecular flexibility index (Phi) is 7.94. The van der Waals surface area contributed by atoms with E-state index in [-0.39, 0.29) is 11.6 Å². The summed E-state index contributed by atoms with van der Waals surface area (Å²) in [6.07, 6.45) is -2.86. The first-order valence-corrected chi connectivity index (χ1v) is 14.0. The highest BCUT2D eigenvalue weighted by molar-refractivity contribution is 7.71. The molecule has 0 radical (unpaired) electrons. The number of nitrogens with one attached hydrogen (secondary N) is 3. The number of hydroxylamine groups is 1. The minimum Gasteiger partial charge on any atom is -0.491 e. The summed E-state index contributed by atoms with van der Waals surface area (Å²) < 4.78 is 60.7. The lowest BCUT2D eigenvalue weighted by Gasteiger charge is -2.21. The van der Waals surface area contributed by atoms with E-state index < -0.39 is 30.6 Å². The van der Waals surface area contributed by atoms with E-state index in [1.54, 1.807) is 50.2 Å². The van der Waals surface area contributed by atoms with Crippen molar-refractivity contribution in [3.8, 4) is 5.75 Å². The standard InChI is InChI=1S/C25H27F3N5O4P/c1-4-38(35,5-2)20-9-7-6-8-18(20)30-22-17(25(26,27)28)14-29-24(32-22)31-19-11-10-16(23(34)33-36-3)15-12-13-37-21(15)19/h6-11,14H,4-5,12-13H2,1-3H3,(H,33,34)(H2,29,30,31,32). The number of benzene rings is 2. The van der Waals surface area contributed by atoms with Crippen molar-refractivity contribution in [3.05, 3.63) is 59.3 Å². The van der Waals surface area contributed by atoms with Gasteiger partial charge in [0.05, 0.1) is 25.1 Å². The summed E-state index contributed by atoms with van der Waals surface area (Å²) in [7, 11) is -1.50. The van der Waals surface area contributed by atoms with Crippen LogP contribution in [0.15, 0.2) is 42.6 Å². The van der Waals surface area contributed by atoms with E-state index >= 15 is 0 Å². The number of para-hydroxylation sites is 1. The second-order valence-corrected chi connectivity index (χ2v) is 12.0. The van der Waals surface area contributed by atoms with Crippen molar-refractivity contribution in [2.45, 2.75) is 26.4 Å². The second kappa shape index (κ2) is 11.0. The average Bonchev–Trinajstić information content (AvgIpc) is 3.39. The van der Waals surface area contributed by atoms with Gasteiger partial charge in [-0.1, -0.05) is 26.0 Å². The molecule has 0 aliphatic carbocycles. The van der Waals surface area contributed by atoms with Crippen molar-refractivity contribution in [2.24, 2.45) is 0 Å². The summed E-state index contributed by atoms with van der Waals surface area (Å²) in [5.41, 5.74) is 2.84. The molecule has 1 amide bonds. The molecular formula is C25H27F3N5O4P. The number of anilines is 4. The number of alkyl halides is 3. The van der Waals surface area contributed by atoms with Gasteiger partial charge in [0.15, 0.2) is 0 Å². The summed E-state index contributed by atoms with van der Waals surface area (Å²) in [5, 5.41) is 6.12. The van der Waals surface area contributed by atoms with Crippen LogP contribution in [-0.4, -0.2) is 41.9 Å². The number of fused-ring (bicyclic) bond motifs is 1. The highest BCUT2D eigenvalue weighted by Crippen LogP contribution is 2.46. The van der Waals surface area contributed by atoms with E-state index in [2.05, 4.69) is 26.1 Å². The molecule has 38 heavy (non-hydrogen) atoms. The highest BCUT2D eigenvalue weighted by atomic mass is 31.2. The number of amides is 1. The lowest BCUT2D eigenvalue weighted by molar-refractivity contribution is -0.137. The summed E-state index contributed by atoms with van der Waals surface area (Å²) in [5.74, 6) is -0.689. The van der Waals surface area contributed by atoms with Crippen LogP contribution in [0.1, 0.15) is 35.3 Å². The molecule has 202 valence electrons. The van der Waals surface area contributed by atoms with Crippen LogP contribution in [0.3, 0.4) is 0 Å². The van der Waals surface area contributed by atoms with Gasteiger partial charge in [-0.3, -0.25) is 9.63 Å². The zero-order valence-corrected chi connectivity index (χ0v) is 21.9. The number of carbonyl (C=O) groups excluding carboxylic acids is 1. The maximum Gasteiger partial charge on any atom is 0.421 e. The zero-order valence-electron chi connectivity index (χ0n) is 21.0. The number of ether oxygens (including phenoxy) is 1. The predicted octanol–water partition coefficient (Wildman–Crippen LogP) is 5.24. The summed E-state index contributed by atoms with van der Waals surface area (Å²) in [6, 6.07) is 9.69. The number of hydrogen-bond donors (Lipinski definition) is 3. The SMILES string of the molecule is CCP(=O)(CC)c1ccccc1Nc1nc(Nc2ccc(C(=O)NOC)c3c2OCC3)ncc1C(F)(F)F. The molecule has 2 aromatic carbocycles. The normalized spacial score (nSPS) is 13.0. The lowest BCUT2D eigenvalue weighted by Crippen LogP contribution is -2.23. The Morgan fingerprint density at radius 2 is 1.84 bits per heavy atom.